The Kier molecular flexibility index (Phi) is 4.70. The molecule has 2 rings (SSSR count). The summed E-state index contributed by atoms with van der Waals surface area (Å²) in [6.45, 7) is 5.75. The number of carbonyl (C=O) groups is 1. The summed E-state index contributed by atoms with van der Waals surface area (Å²) in [5, 5.41) is 8.41. The van der Waals surface area contributed by atoms with Crippen LogP contribution in [-0.4, -0.2) is 23.0 Å². The van der Waals surface area contributed by atoms with Crippen LogP contribution >= 0.6 is 23.1 Å². The molecule has 1 unspecified atom stereocenters. The monoisotopic (exact) mass is 284 g/mol. The van der Waals surface area contributed by atoms with Crippen molar-refractivity contribution in [1.29, 1.82) is 0 Å². The molecular formula is C13H20N2OS2. The highest BCUT2D eigenvalue weighted by atomic mass is 32.2. The lowest BCUT2D eigenvalue weighted by Crippen LogP contribution is -2.32. The van der Waals surface area contributed by atoms with Crippen molar-refractivity contribution in [3.05, 3.63) is 16.3 Å². The SMILES string of the molecule is CC(=O)Nc1ccsc1CNCC1(C)CCCS1. The maximum absolute atomic E-state index is 11.1. The molecule has 0 aliphatic carbocycles. The van der Waals surface area contributed by atoms with Crippen LogP contribution < -0.4 is 10.6 Å². The number of amides is 1. The first-order chi connectivity index (χ1) is 8.59. The van der Waals surface area contributed by atoms with Crippen LogP contribution in [0.15, 0.2) is 11.4 Å². The third-order valence-electron chi connectivity index (χ3n) is 3.14. The van der Waals surface area contributed by atoms with Gasteiger partial charge in [-0.2, -0.15) is 11.8 Å². The molecular weight excluding hydrogens is 264 g/mol. The molecule has 1 amide bonds. The molecule has 18 heavy (non-hydrogen) atoms. The van der Waals surface area contributed by atoms with Crippen molar-refractivity contribution in [2.24, 2.45) is 0 Å². The van der Waals surface area contributed by atoms with Gasteiger partial charge in [0.05, 0.1) is 5.69 Å². The molecule has 1 fully saturated rings. The van der Waals surface area contributed by atoms with Crippen LogP contribution in [0.25, 0.3) is 0 Å². The van der Waals surface area contributed by atoms with Crippen LogP contribution in [0.3, 0.4) is 0 Å². The predicted octanol–water partition coefficient (Wildman–Crippen LogP) is 3.08. The number of thiophene rings is 1. The quantitative estimate of drug-likeness (QED) is 0.873. The van der Waals surface area contributed by atoms with Gasteiger partial charge in [0.15, 0.2) is 0 Å². The first kappa shape index (κ1) is 13.9. The molecule has 2 heterocycles. The highest BCUT2D eigenvalue weighted by Crippen LogP contribution is 2.37. The van der Waals surface area contributed by atoms with Crippen LogP contribution in [0.2, 0.25) is 0 Å². The van der Waals surface area contributed by atoms with Crippen LogP contribution in [-0.2, 0) is 11.3 Å². The summed E-state index contributed by atoms with van der Waals surface area (Å²) in [5.41, 5.74) is 0.948. The van der Waals surface area contributed by atoms with Gasteiger partial charge in [-0.15, -0.1) is 11.3 Å². The van der Waals surface area contributed by atoms with Gasteiger partial charge >= 0.3 is 0 Å². The summed E-state index contributed by atoms with van der Waals surface area (Å²) < 4.78 is 0.394. The lowest BCUT2D eigenvalue weighted by atomic mass is 10.1. The first-order valence-electron chi connectivity index (χ1n) is 6.28. The fraction of sp³-hybridized carbons (Fsp3) is 0.615. The van der Waals surface area contributed by atoms with E-state index in [4.69, 9.17) is 0 Å². The minimum atomic E-state index is -0.00652. The highest BCUT2D eigenvalue weighted by molar-refractivity contribution is 8.00. The number of rotatable bonds is 5. The van der Waals surface area contributed by atoms with Crippen molar-refractivity contribution < 1.29 is 4.79 Å². The highest BCUT2D eigenvalue weighted by Gasteiger charge is 2.28. The van der Waals surface area contributed by atoms with Gasteiger partial charge in [-0.3, -0.25) is 4.79 Å². The summed E-state index contributed by atoms with van der Waals surface area (Å²) in [6.07, 6.45) is 2.63. The average molecular weight is 284 g/mol. The normalized spacial score (nSPS) is 23.2. The Morgan fingerprint density at radius 1 is 1.56 bits per heavy atom. The van der Waals surface area contributed by atoms with Gasteiger partial charge in [-0.1, -0.05) is 0 Å². The van der Waals surface area contributed by atoms with Crippen LogP contribution in [0.4, 0.5) is 5.69 Å². The standard InChI is InChI=1S/C13H20N2OS2/c1-10(16)15-11-4-7-17-12(11)8-14-9-13(2)5-3-6-18-13/h4,7,14H,3,5-6,8-9H2,1-2H3,(H,15,16). The molecule has 1 aliphatic heterocycles. The predicted molar refractivity (Wildman–Crippen MR) is 80.4 cm³/mol. The molecule has 1 saturated heterocycles. The van der Waals surface area contributed by atoms with Crippen molar-refractivity contribution in [2.45, 2.75) is 38.0 Å². The van der Waals surface area contributed by atoms with Crippen molar-refractivity contribution in [2.75, 3.05) is 17.6 Å². The van der Waals surface area contributed by atoms with E-state index in [1.807, 2.05) is 11.4 Å². The Hall–Kier alpha value is -0.520. The molecule has 100 valence electrons. The maximum Gasteiger partial charge on any atom is 0.221 e. The van der Waals surface area contributed by atoms with E-state index in [0.29, 0.717) is 4.75 Å². The molecule has 1 atom stereocenters. The van der Waals surface area contributed by atoms with Gasteiger partial charge in [0.25, 0.3) is 0 Å². The zero-order valence-electron chi connectivity index (χ0n) is 10.9. The van der Waals surface area contributed by atoms with E-state index < -0.39 is 0 Å². The topological polar surface area (TPSA) is 41.1 Å². The summed E-state index contributed by atoms with van der Waals surface area (Å²) in [6, 6.07) is 1.97. The van der Waals surface area contributed by atoms with Crippen molar-refractivity contribution >= 4 is 34.7 Å². The van der Waals surface area contributed by atoms with E-state index in [1.54, 1.807) is 18.3 Å². The fourth-order valence-electron chi connectivity index (χ4n) is 2.20. The van der Waals surface area contributed by atoms with Crippen LogP contribution in [0.1, 0.15) is 31.6 Å². The summed E-state index contributed by atoms with van der Waals surface area (Å²) in [5.74, 6) is 1.28. The molecule has 1 aromatic heterocycles. The zero-order valence-corrected chi connectivity index (χ0v) is 12.5. The molecule has 2 N–H and O–H groups in total. The Morgan fingerprint density at radius 2 is 2.39 bits per heavy atom. The third-order valence-corrected chi connectivity index (χ3v) is 5.60. The van der Waals surface area contributed by atoms with Gasteiger partial charge < -0.3 is 10.6 Å². The maximum atomic E-state index is 11.1. The third kappa shape index (κ3) is 3.73. The average Bonchev–Trinajstić information content (AvgIpc) is 2.89. The zero-order chi connectivity index (χ0) is 13.0. The molecule has 0 aromatic carbocycles. The summed E-state index contributed by atoms with van der Waals surface area (Å²) in [4.78, 5) is 12.3. The Balaban J connectivity index is 1.83. The van der Waals surface area contributed by atoms with Gasteiger partial charge in [-0.25, -0.2) is 0 Å². The molecule has 0 radical (unpaired) electrons. The number of thioether (sulfide) groups is 1. The molecule has 3 nitrogen and oxygen atoms in total. The number of carbonyl (C=O) groups excluding carboxylic acids is 1. The fourth-order valence-corrected chi connectivity index (χ4v) is 4.27. The summed E-state index contributed by atoms with van der Waals surface area (Å²) in [7, 11) is 0. The van der Waals surface area contributed by atoms with Gasteiger partial charge in [-0.05, 0) is 37.0 Å². The Morgan fingerprint density at radius 3 is 3.06 bits per heavy atom. The first-order valence-corrected chi connectivity index (χ1v) is 8.14. The molecule has 0 spiro atoms. The number of hydrogen-bond donors (Lipinski definition) is 2. The Labute approximate surface area is 117 Å². The molecule has 0 bridgehead atoms. The van der Waals surface area contributed by atoms with E-state index in [2.05, 4.69) is 29.3 Å². The van der Waals surface area contributed by atoms with E-state index in [1.165, 1.54) is 23.5 Å². The molecule has 0 saturated carbocycles. The van der Waals surface area contributed by atoms with Crippen molar-refractivity contribution in [3.8, 4) is 0 Å². The second-order valence-corrected chi connectivity index (χ2v) is 7.63. The number of hydrogen-bond acceptors (Lipinski definition) is 4. The van der Waals surface area contributed by atoms with Crippen LogP contribution in [0.5, 0.6) is 0 Å². The summed E-state index contributed by atoms with van der Waals surface area (Å²) >= 11 is 3.76. The van der Waals surface area contributed by atoms with Gasteiger partial charge in [0.2, 0.25) is 5.91 Å². The lowest BCUT2D eigenvalue weighted by molar-refractivity contribution is -0.114. The molecule has 1 aliphatic rings. The lowest BCUT2D eigenvalue weighted by Gasteiger charge is -2.22. The van der Waals surface area contributed by atoms with Crippen LogP contribution in [0, 0.1) is 0 Å². The second-order valence-electron chi connectivity index (χ2n) is 4.94. The number of anilines is 1. The minimum Gasteiger partial charge on any atom is -0.325 e. The smallest absolute Gasteiger partial charge is 0.221 e. The van der Waals surface area contributed by atoms with Crippen molar-refractivity contribution in [3.63, 3.8) is 0 Å². The van der Waals surface area contributed by atoms with E-state index in [9.17, 15) is 4.79 Å². The van der Waals surface area contributed by atoms with Gasteiger partial charge in [0, 0.05) is 29.6 Å². The molecule has 5 heteroatoms. The largest absolute Gasteiger partial charge is 0.325 e. The number of nitrogens with one attached hydrogen (secondary N) is 2. The minimum absolute atomic E-state index is 0.00652. The van der Waals surface area contributed by atoms with E-state index in [-0.39, 0.29) is 5.91 Å². The van der Waals surface area contributed by atoms with Gasteiger partial charge in [0.1, 0.15) is 0 Å². The van der Waals surface area contributed by atoms with E-state index >= 15 is 0 Å². The van der Waals surface area contributed by atoms with E-state index in [0.717, 1.165) is 18.8 Å². The Bertz CT molecular complexity index is 411. The van der Waals surface area contributed by atoms with Crippen molar-refractivity contribution in [1.82, 2.24) is 5.32 Å². The molecule has 1 aromatic rings. The second kappa shape index (κ2) is 6.08.